The average Bonchev–Trinajstić information content (AvgIpc) is 3.32. The van der Waals surface area contributed by atoms with Gasteiger partial charge in [0.15, 0.2) is 0 Å². The van der Waals surface area contributed by atoms with Crippen LogP contribution in [0.4, 0.5) is 0 Å². The summed E-state index contributed by atoms with van der Waals surface area (Å²) in [6.07, 6.45) is 25.3. The van der Waals surface area contributed by atoms with Gasteiger partial charge in [0.05, 0.1) is 0 Å². The van der Waals surface area contributed by atoms with Gasteiger partial charge in [-0.15, -0.1) is 0 Å². The van der Waals surface area contributed by atoms with Gasteiger partial charge in [-0.2, -0.15) is 0 Å². The van der Waals surface area contributed by atoms with Crippen LogP contribution in [0.25, 0.3) is 39.0 Å². The third-order valence-corrected chi connectivity index (χ3v) is 15.3. The predicted molar refractivity (Wildman–Crippen MR) is 268 cm³/mol. The van der Waals surface area contributed by atoms with Gasteiger partial charge in [0.25, 0.3) is 0 Å². The normalized spacial score (nSPS) is 22.2. The fraction of sp³-hybridized carbons (Fsp3) is 0.410. The van der Waals surface area contributed by atoms with E-state index in [1.54, 1.807) is 0 Å². The molecule has 0 heterocycles. The number of hydrogen-bond donors (Lipinski definition) is 2. The van der Waals surface area contributed by atoms with E-state index >= 15 is 0 Å². The number of ether oxygens (including phenoxy) is 2. The SMILES string of the molecule is C=C1CCCCC/C=C2/CCCC/C2=C/1c1cc(C)cc(-c2ccccc2O[C@@H]2CCCCC2Oc2ccccc2-c2cc(C)cc(-c3c4c(cc5c3CCCC5)CCCC4)c2O)c1O. The molecule has 2 saturated carbocycles. The van der Waals surface area contributed by atoms with Crippen molar-refractivity contribution in [2.75, 3.05) is 0 Å². The van der Waals surface area contributed by atoms with E-state index in [1.807, 2.05) is 18.2 Å². The molecular formula is C61H68O4. The van der Waals surface area contributed by atoms with Gasteiger partial charge < -0.3 is 19.7 Å². The summed E-state index contributed by atoms with van der Waals surface area (Å²) in [7, 11) is 0. The quantitative estimate of drug-likeness (QED) is 0.163. The third kappa shape index (κ3) is 8.83. The van der Waals surface area contributed by atoms with Crippen molar-refractivity contribution in [1.82, 2.24) is 0 Å². The van der Waals surface area contributed by atoms with E-state index in [0.717, 1.165) is 151 Å². The average molecular weight is 865 g/mol. The molecule has 65 heavy (non-hydrogen) atoms. The largest absolute Gasteiger partial charge is 0.507 e. The highest BCUT2D eigenvalue weighted by molar-refractivity contribution is 5.91. The van der Waals surface area contributed by atoms with Crippen LogP contribution in [-0.2, 0) is 25.7 Å². The summed E-state index contributed by atoms with van der Waals surface area (Å²) < 4.78 is 14.3. The number of fused-ring (bicyclic) bond motifs is 3. The maximum absolute atomic E-state index is 12.5. The molecule has 2 N–H and O–H groups in total. The molecule has 4 heteroatoms. The van der Waals surface area contributed by atoms with Crippen LogP contribution in [-0.4, -0.2) is 22.4 Å². The van der Waals surface area contributed by atoms with E-state index in [9.17, 15) is 10.2 Å². The van der Waals surface area contributed by atoms with Crippen LogP contribution in [0, 0.1) is 13.8 Å². The number of hydrogen-bond acceptors (Lipinski definition) is 4. The van der Waals surface area contributed by atoms with Crippen molar-refractivity contribution in [3.05, 3.63) is 147 Å². The molecular weight excluding hydrogens is 797 g/mol. The minimum atomic E-state index is -0.202. The van der Waals surface area contributed by atoms with Crippen molar-refractivity contribution in [1.29, 1.82) is 0 Å². The summed E-state index contributed by atoms with van der Waals surface area (Å²) in [6, 6.07) is 27.6. The Morgan fingerprint density at radius 1 is 0.492 bits per heavy atom. The van der Waals surface area contributed by atoms with E-state index < -0.39 is 0 Å². The standard InChI is InChI=1S/C61H68O4/c1-39-34-50(60(62)52(36-39)58-41(3)20-6-4-5-7-21-42-22-8-11-25-45(42)58)48-28-14-16-30-54(48)64-56-32-18-19-33-57(56)65-55-31-17-15-29-49(55)51-35-40(2)37-53(61(51)63)59-46-26-12-9-23-43(46)38-44-24-10-13-27-47(44)59/h14-17,21,28-31,34-38,56-57,62-63H,3-13,18-20,22-27,32-33H2,1-2H3/b42-21-,58-45+/t56-,57?/m1/s1. The molecule has 10 rings (SSSR count). The van der Waals surface area contributed by atoms with Crippen molar-refractivity contribution >= 4 is 5.57 Å². The molecule has 0 aromatic heterocycles. The highest BCUT2D eigenvalue weighted by Crippen LogP contribution is 2.50. The maximum atomic E-state index is 12.5. The van der Waals surface area contributed by atoms with Crippen LogP contribution in [0.3, 0.4) is 0 Å². The molecule has 0 aliphatic heterocycles. The monoisotopic (exact) mass is 865 g/mol. The number of rotatable bonds is 8. The number of benzene rings is 5. The molecule has 5 aromatic rings. The number of phenolic OH excluding ortho intramolecular Hbond substituents is 2. The second-order valence-corrected chi connectivity index (χ2v) is 19.9. The summed E-state index contributed by atoms with van der Waals surface area (Å²) in [5, 5.41) is 25.0. The molecule has 5 aromatic carbocycles. The van der Waals surface area contributed by atoms with Crippen molar-refractivity contribution in [2.45, 2.75) is 161 Å². The van der Waals surface area contributed by atoms with Gasteiger partial charge in [-0.1, -0.05) is 61.5 Å². The molecule has 5 aliphatic rings. The minimum absolute atomic E-state index is 0.200. The van der Waals surface area contributed by atoms with Crippen LogP contribution in [0.1, 0.15) is 148 Å². The predicted octanol–water partition coefficient (Wildman–Crippen LogP) is 16.0. The first kappa shape index (κ1) is 43.4. The fourth-order valence-electron chi connectivity index (χ4n) is 12.1. The van der Waals surface area contributed by atoms with Gasteiger partial charge in [0.2, 0.25) is 0 Å². The molecule has 2 atom stereocenters. The Labute approximate surface area is 388 Å². The first-order valence-corrected chi connectivity index (χ1v) is 25.3. The molecule has 0 bridgehead atoms. The lowest BCUT2D eigenvalue weighted by molar-refractivity contribution is 0.0238. The second-order valence-electron chi connectivity index (χ2n) is 19.9. The second kappa shape index (κ2) is 19.2. The Bertz CT molecular complexity index is 2640. The molecule has 336 valence electrons. The molecule has 0 saturated heterocycles. The van der Waals surface area contributed by atoms with E-state index in [1.165, 1.54) is 90.3 Å². The Kier molecular flexibility index (Phi) is 12.8. The van der Waals surface area contributed by atoms with Crippen molar-refractivity contribution in [3.63, 3.8) is 0 Å². The van der Waals surface area contributed by atoms with Gasteiger partial charge in [0, 0.05) is 33.4 Å². The first-order valence-electron chi connectivity index (χ1n) is 25.3. The van der Waals surface area contributed by atoms with Crippen molar-refractivity contribution < 1.29 is 19.7 Å². The summed E-state index contributed by atoms with van der Waals surface area (Å²) in [4.78, 5) is 0. The topological polar surface area (TPSA) is 58.9 Å². The zero-order valence-electron chi connectivity index (χ0n) is 39.0. The van der Waals surface area contributed by atoms with Crippen LogP contribution in [0.15, 0.2) is 108 Å². The van der Waals surface area contributed by atoms with Crippen molar-refractivity contribution in [2.24, 2.45) is 0 Å². The zero-order chi connectivity index (χ0) is 44.4. The highest BCUT2D eigenvalue weighted by Gasteiger charge is 2.32. The van der Waals surface area contributed by atoms with Crippen LogP contribution < -0.4 is 9.47 Å². The molecule has 2 fully saturated rings. The lowest BCUT2D eigenvalue weighted by atomic mass is 9.76. The molecule has 0 amide bonds. The van der Waals surface area contributed by atoms with Gasteiger partial charge in [0.1, 0.15) is 35.2 Å². The van der Waals surface area contributed by atoms with Crippen LogP contribution in [0.2, 0.25) is 0 Å². The van der Waals surface area contributed by atoms with Crippen LogP contribution in [0.5, 0.6) is 23.0 Å². The summed E-state index contributed by atoms with van der Waals surface area (Å²) in [6.45, 7) is 8.98. The van der Waals surface area contributed by atoms with Gasteiger partial charge in [-0.3, -0.25) is 0 Å². The molecule has 0 spiro atoms. The Morgan fingerprint density at radius 2 is 1.00 bits per heavy atom. The summed E-state index contributed by atoms with van der Waals surface area (Å²) in [5.74, 6) is 2.17. The molecule has 0 radical (unpaired) electrons. The molecule has 5 aliphatic carbocycles. The Morgan fingerprint density at radius 3 is 1.63 bits per heavy atom. The summed E-state index contributed by atoms with van der Waals surface area (Å²) >= 11 is 0. The van der Waals surface area contributed by atoms with E-state index in [2.05, 4.69) is 87.2 Å². The van der Waals surface area contributed by atoms with E-state index in [-0.39, 0.29) is 12.2 Å². The number of allylic oxidation sites excluding steroid dienone is 5. The molecule has 1 unspecified atom stereocenters. The lowest BCUT2D eigenvalue weighted by Gasteiger charge is -2.33. The zero-order valence-corrected chi connectivity index (χ0v) is 39.0. The van der Waals surface area contributed by atoms with E-state index in [4.69, 9.17) is 9.47 Å². The minimum Gasteiger partial charge on any atom is -0.507 e. The number of aromatic hydroxyl groups is 2. The Balaban J connectivity index is 0.985. The smallest absolute Gasteiger partial charge is 0.135 e. The Hall–Kier alpha value is -5.48. The van der Waals surface area contributed by atoms with Crippen molar-refractivity contribution in [3.8, 4) is 56.4 Å². The van der Waals surface area contributed by atoms with Gasteiger partial charge >= 0.3 is 0 Å². The van der Waals surface area contributed by atoms with Gasteiger partial charge in [-0.25, -0.2) is 0 Å². The number of phenols is 2. The maximum Gasteiger partial charge on any atom is 0.135 e. The van der Waals surface area contributed by atoms with Crippen LogP contribution >= 0.6 is 0 Å². The summed E-state index contributed by atoms with van der Waals surface area (Å²) in [5.41, 5.74) is 19.8. The molecule has 4 nitrogen and oxygen atoms in total. The third-order valence-electron chi connectivity index (χ3n) is 15.3. The highest BCUT2D eigenvalue weighted by atomic mass is 16.5. The fourth-order valence-corrected chi connectivity index (χ4v) is 12.1. The van der Waals surface area contributed by atoms with E-state index in [0.29, 0.717) is 11.5 Å². The lowest BCUT2D eigenvalue weighted by Crippen LogP contribution is -2.39. The van der Waals surface area contributed by atoms with Gasteiger partial charge in [-0.05, 0) is 240 Å². The number of aryl methyl sites for hydroxylation is 4. The number of para-hydroxylation sites is 2. The first-order chi connectivity index (χ1) is 31.8.